The van der Waals surface area contributed by atoms with Gasteiger partial charge in [-0.1, -0.05) is 12.1 Å². The summed E-state index contributed by atoms with van der Waals surface area (Å²) in [5, 5.41) is 3.37. The SMILES string of the molecule is CCOc1ccccc1Nc1cc(N2CCCCC2)nc(C)n1. The molecule has 0 amide bonds. The summed E-state index contributed by atoms with van der Waals surface area (Å²) in [7, 11) is 0. The maximum absolute atomic E-state index is 5.67. The topological polar surface area (TPSA) is 50.3 Å². The molecule has 0 bridgehead atoms. The van der Waals surface area contributed by atoms with Crippen molar-refractivity contribution in [1.82, 2.24) is 9.97 Å². The van der Waals surface area contributed by atoms with Gasteiger partial charge in [0.25, 0.3) is 0 Å². The summed E-state index contributed by atoms with van der Waals surface area (Å²) in [5.74, 6) is 3.44. The van der Waals surface area contributed by atoms with Crippen molar-refractivity contribution in [3.63, 3.8) is 0 Å². The molecule has 0 spiro atoms. The van der Waals surface area contributed by atoms with Crippen LogP contribution >= 0.6 is 0 Å². The first-order valence-electron chi connectivity index (χ1n) is 8.36. The predicted octanol–water partition coefficient (Wildman–Crippen LogP) is 3.92. The van der Waals surface area contributed by atoms with E-state index in [1.165, 1.54) is 19.3 Å². The van der Waals surface area contributed by atoms with E-state index < -0.39 is 0 Å². The fraction of sp³-hybridized carbons (Fsp3) is 0.444. The van der Waals surface area contributed by atoms with Gasteiger partial charge >= 0.3 is 0 Å². The Morgan fingerprint density at radius 1 is 1.13 bits per heavy atom. The Labute approximate surface area is 137 Å². The fourth-order valence-electron chi connectivity index (χ4n) is 2.89. The third-order valence-corrected chi connectivity index (χ3v) is 3.95. The Kier molecular flexibility index (Phi) is 4.95. The summed E-state index contributed by atoms with van der Waals surface area (Å²) >= 11 is 0. The highest BCUT2D eigenvalue weighted by Gasteiger charge is 2.14. The van der Waals surface area contributed by atoms with Gasteiger partial charge in [-0.05, 0) is 45.2 Å². The van der Waals surface area contributed by atoms with Gasteiger partial charge < -0.3 is 15.0 Å². The first kappa shape index (κ1) is 15.6. The maximum atomic E-state index is 5.67. The van der Waals surface area contributed by atoms with Crippen LogP contribution in [-0.2, 0) is 0 Å². The van der Waals surface area contributed by atoms with Crippen molar-refractivity contribution in [1.29, 1.82) is 0 Å². The van der Waals surface area contributed by atoms with E-state index in [0.29, 0.717) is 6.61 Å². The molecule has 23 heavy (non-hydrogen) atoms. The van der Waals surface area contributed by atoms with Gasteiger partial charge in [0.2, 0.25) is 0 Å². The standard InChI is InChI=1S/C18H24N4O/c1-3-23-16-10-6-5-9-15(16)21-17-13-18(20-14(2)19-17)22-11-7-4-8-12-22/h5-6,9-10,13H,3-4,7-8,11-12H2,1-2H3,(H,19,20,21). The van der Waals surface area contributed by atoms with Crippen molar-refractivity contribution in [2.75, 3.05) is 29.9 Å². The first-order chi connectivity index (χ1) is 11.3. The summed E-state index contributed by atoms with van der Waals surface area (Å²) in [6.45, 7) is 6.71. The highest BCUT2D eigenvalue weighted by molar-refractivity contribution is 5.65. The lowest BCUT2D eigenvalue weighted by molar-refractivity contribution is 0.342. The molecule has 0 saturated carbocycles. The van der Waals surface area contributed by atoms with Crippen LogP contribution in [0.3, 0.4) is 0 Å². The molecule has 0 atom stereocenters. The molecule has 1 aliphatic heterocycles. The minimum absolute atomic E-state index is 0.639. The normalized spacial score (nSPS) is 14.6. The van der Waals surface area contributed by atoms with Crippen LogP contribution in [0.15, 0.2) is 30.3 Å². The van der Waals surface area contributed by atoms with Crippen LogP contribution in [0.2, 0.25) is 0 Å². The maximum Gasteiger partial charge on any atom is 0.142 e. The molecule has 5 nitrogen and oxygen atoms in total. The van der Waals surface area contributed by atoms with Crippen LogP contribution in [0.5, 0.6) is 5.75 Å². The molecule has 1 N–H and O–H groups in total. The average molecular weight is 312 g/mol. The van der Waals surface area contributed by atoms with Crippen LogP contribution in [-0.4, -0.2) is 29.7 Å². The van der Waals surface area contributed by atoms with Gasteiger partial charge in [-0.25, -0.2) is 9.97 Å². The number of hydrogen-bond acceptors (Lipinski definition) is 5. The average Bonchev–Trinajstić information content (AvgIpc) is 2.57. The van der Waals surface area contributed by atoms with Crippen molar-refractivity contribution in [3.05, 3.63) is 36.2 Å². The third-order valence-electron chi connectivity index (χ3n) is 3.95. The van der Waals surface area contributed by atoms with Gasteiger partial charge in [-0.2, -0.15) is 0 Å². The number of nitrogens with one attached hydrogen (secondary N) is 1. The molecule has 0 aliphatic carbocycles. The molecule has 1 aromatic carbocycles. The molecule has 122 valence electrons. The largest absolute Gasteiger partial charge is 0.492 e. The Bertz CT molecular complexity index is 653. The van der Waals surface area contributed by atoms with E-state index in [0.717, 1.165) is 42.0 Å². The molecular weight excluding hydrogens is 288 g/mol. The molecule has 5 heteroatoms. The Morgan fingerprint density at radius 2 is 1.91 bits per heavy atom. The van der Waals surface area contributed by atoms with Crippen LogP contribution in [0.4, 0.5) is 17.3 Å². The number of benzene rings is 1. The van der Waals surface area contributed by atoms with Gasteiger partial charge in [-0.15, -0.1) is 0 Å². The van der Waals surface area contributed by atoms with Gasteiger partial charge in [0.05, 0.1) is 12.3 Å². The number of para-hydroxylation sites is 2. The van der Waals surface area contributed by atoms with E-state index in [4.69, 9.17) is 4.74 Å². The predicted molar refractivity (Wildman–Crippen MR) is 93.7 cm³/mol. The summed E-state index contributed by atoms with van der Waals surface area (Å²) in [4.78, 5) is 11.5. The van der Waals surface area contributed by atoms with Crippen molar-refractivity contribution >= 4 is 17.3 Å². The molecule has 0 unspecified atom stereocenters. The molecule has 2 aromatic rings. The monoisotopic (exact) mass is 312 g/mol. The second-order valence-electron chi connectivity index (χ2n) is 5.76. The number of anilines is 3. The zero-order chi connectivity index (χ0) is 16.1. The number of aromatic nitrogens is 2. The van der Waals surface area contributed by atoms with E-state index in [2.05, 4.69) is 20.2 Å². The van der Waals surface area contributed by atoms with Crippen LogP contribution in [0, 0.1) is 6.92 Å². The van der Waals surface area contributed by atoms with Crippen molar-refractivity contribution in [3.8, 4) is 5.75 Å². The second kappa shape index (κ2) is 7.31. The summed E-state index contributed by atoms with van der Waals surface area (Å²) in [6.07, 6.45) is 3.78. The van der Waals surface area contributed by atoms with Gasteiger partial charge in [-0.3, -0.25) is 0 Å². The molecule has 3 rings (SSSR count). The van der Waals surface area contributed by atoms with Crippen molar-refractivity contribution in [2.45, 2.75) is 33.1 Å². The van der Waals surface area contributed by atoms with Gasteiger partial charge in [0, 0.05) is 19.2 Å². The zero-order valence-electron chi connectivity index (χ0n) is 13.9. The van der Waals surface area contributed by atoms with Gasteiger partial charge in [0.1, 0.15) is 23.2 Å². The van der Waals surface area contributed by atoms with Crippen molar-refractivity contribution in [2.24, 2.45) is 0 Å². The minimum Gasteiger partial charge on any atom is -0.492 e. The van der Waals surface area contributed by atoms with Crippen LogP contribution < -0.4 is 15.0 Å². The molecule has 0 radical (unpaired) electrons. The van der Waals surface area contributed by atoms with E-state index in [9.17, 15) is 0 Å². The molecule has 1 saturated heterocycles. The number of hydrogen-bond donors (Lipinski definition) is 1. The number of piperidine rings is 1. The first-order valence-corrected chi connectivity index (χ1v) is 8.36. The Balaban J connectivity index is 1.84. The Morgan fingerprint density at radius 3 is 2.70 bits per heavy atom. The number of aryl methyl sites for hydroxylation is 1. The lowest BCUT2D eigenvalue weighted by Gasteiger charge is -2.28. The zero-order valence-corrected chi connectivity index (χ0v) is 13.9. The summed E-state index contributed by atoms with van der Waals surface area (Å²) < 4.78 is 5.67. The molecular formula is C18H24N4O. The minimum atomic E-state index is 0.639. The number of rotatable bonds is 5. The quantitative estimate of drug-likeness (QED) is 0.907. The van der Waals surface area contributed by atoms with Crippen LogP contribution in [0.25, 0.3) is 0 Å². The Hall–Kier alpha value is -2.30. The summed E-state index contributed by atoms with van der Waals surface area (Å²) in [6, 6.07) is 9.96. The van der Waals surface area contributed by atoms with E-state index in [1.807, 2.05) is 44.2 Å². The highest BCUT2D eigenvalue weighted by Crippen LogP contribution is 2.28. The fourth-order valence-corrected chi connectivity index (χ4v) is 2.89. The molecule has 1 aliphatic rings. The highest BCUT2D eigenvalue weighted by atomic mass is 16.5. The lowest BCUT2D eigenvalue weighted by Crippen LogP contribution is -2.30. The van der Waals surface area contributed by atoms with Crippen LogP contribution in [0.1, 0.15) is 32.0 Å². The van der Waals surface area contributed by atoms with E-state index >= 15 is 0 Å². The van der Waals surface area contributed by atoms with E-state index in [-0.39, 0.29) is 0 Å². The summed E-state index contributed by atoms with van der Waals surface area (Å²) in [5.41, 5.74) is 0.928. The molecule has 1 fully saturated rings. The number of nitrogens with zero attached hydrogens (tertiary/aromatic N) is 3. The molecule has 2 heterocycles. The number of ether oxygens (including phenoxy) is 1. The lowest BCUT2D eigenvalue weighted by atomic mass is 10.1. The second-order valence-corrected chi connectivity index (χ2v) is 5.76. The smallest absolute Gasteiger partial charge is 0.142 e. The van der Waals surface area contributed by atoms with Gasteiger partial charge in [0.15, 0.2) is 0 Å². The van der Waals surface area contributed by atoms with E-state index in [1.54, 1.807) is 0 Å². The van der Waals surface area contributed by atoms with Crippen molar-refractivity contribution < 1.29 is 4.74 Å². The molecule has 1 aromatic heterocycles. The third kappa shape index (κ3) is 3.92.